The summed E-state index contributed by atoms with van der Waals surface area (Å²) < 4.78 is 0.922. The molecule has 2 aromatic rings. The maximum atomic E-state index is 12.1. The molecule has 0 atom stereocenters. The molecule has 1 saturated carbocycles. The minimum Gasteiger partial charge on any atom is -0.493 e. The van der Waals surface area contributed by atoms with Crippen molar-refractivity contribution in [3.8, 4) is 17.0 Å². The molecule has 0 amide bonds. The normalized spacial score (nSPS) is 15.2. The SMILES string of the molecule is O=c1[nH]c(C2CCC2)nc(O)c1-c1ccc(Br)cc1. The van der Waals surface area contributed by atoms with E-state index in [9.17, 15) is 9.90 Å². The topological polar surface area (TPSA) is 66.0 Å². The molecule has 3 rings (SSSR count). The van der Waals surface area contributed by atoms with Gasteiger partial charge in [0.25, 0.3) is 5.56 Å². The molecular formula is C14H13BrN2O2. The Morgan fingerprint density at radius 1 is 1.26 bits per heavy atom. The van der Waals surface area contributed by atoms with Gasteiger partial charge in [-0.25, -0.2) is 0 Å². The van der Waals surface area contributed by atoms with Crippen molar-refractivity contribution in [3.63, 3.8) is 0 Å². The van der Waals surface area contributed by atoms with Crippen molar-refractivity contribution < 1.29 is 5.11 Å². The Balaban J connectivity index is 2.06. The van der Waals surface area contributed by atoms with E-state index >= 15 is 0 Å². The second-order valence-corrected chi connectivity index (χ2v) is 5.70. The summed E-state index contributed by atoms with van der Waals surface area (Å²) in [6.45, 7) is 0. The monoisotopic (exact) mass is 320 g/mol. The van der Waals surface area contributed by atoms with Gasteiger partial charge in [0.2, 0.25) is 5.88 Å². The molecule has 4 nitrogen and oxygen atoms in total. The lowest BCUT2D eigenvalue weighted by Crippen LogP contribution is -2.19. The average molecular weight is 321 g/mol. The lowest BCUT2D eigenvalue weighted by Gasteiger charge is -2.24. The van der Waals surface area contributed by atoms with E-state index in [1.165, 1.54) is 0 Å². The van der Waals surface area contributed by atoms with Gasteiger partial charge in [0.05, 0.1) is 0 Å². The summed E-state index contributed by atoms with van der Waals surface area (Å²) in [5.41, 5.74) is 0.613. The summed E-state index contributed by atoms with van der Waals surface area (Å²) in [4.78, 5) is 19.1. The third kappa shape index (κ3) is 2.30. The van der Waals surface area contributed by atoms with E-state index in [0.29, 0.717) is 11.4 Å². The maximum Gasteiger partial charge on any atom is 0.262 e. The van der Waals surface area contributed by atoms with Gasteiger partial charge in [-0.1, -0.05) is 34.5 Å². The van der Waals surface area contributed by atoms with Crippen molar-refractivity contribution in [3.05, 3.63) is 44.9 Å². The third-order valence-electron chi connectivity index (χ3n) is 3.54. The van der Waals surface area contributed by atoms with Crippen LogP contribution in [-0.4, -0.2) is 15.1 Å². The van der Waals surface area contributed by atoms with Crippen LogP contribution in [0, 0.1) is 0 Å². The Morgan fingerprint density at radius 3 is 2.47 bits per heavy atom. The van der Waals surface area contributed by atoms with Crippen molar-refractivity contribution in [1.82, 2.24) is 9.97 Å². The zero-order valence-corrected chi connectivity index (χ0v) is 11.8. The molecule has 1 aromatic heterocycles. The highest BCUT2D eigenvalue weighted by molar-refractivity contribution is 9.10. The van der Waals surface area contributed by atoms with Crippen LogP contribution in [0.15, 0.2) is 33.5 Å². The lowest BCUT2D eigenvalue weighted by molar-refractivity contribution is 0.387. The molecule has 1 aliphatic carbocycles. The number of hydrogen-bond donors (Lipinski definition) is 2. The summed E-state index contributed by atoms with van der Waals surface area (Å²) in [7, 11) is 0. The molecule has 19 heavy (non-hydrogen) atoms. The van der Waals surface area contributed by atoms with Crippen LogP contribution in [0.1, 0.15) is 31.0 Å². The van der Waals surface area contributed by atoms with Crippen molar-refractivity contribution in [2.75, 3.05) is 0 Å². The summed E-state index contributed by atoms with van der Waals surface area (Å²) in [6.07, 6.45) is 3.21. The Labute approximate surface area is 118 Å². The van der Waals surface area contributed by atoms with Gasteiger partial charge in [-0.15, -0.1) is 0 Å². The van der Waals surface area contributed by atoms with Gasteiger partial charge < -0.3 is 10.1 Å². The molecule has 1 fully saturated rings. The largest absolute Gasteiger partial charge is 0.493 e. The zero-order valence-electron chi connectivity index (χ0n) is 10.2. The molecule has 1 heterocycles. The number of benzene rings is 1. The molecule has 98 valence electrons. The molecular weight excluding hydrogens is 308 g/mol. The van der Waals surface area contributed by atoms with E-state index in [1.54, 1.807) is 12.1 Å². The van der Waals surface area contributed by atoms with Crippen molar-refractivity contribution in [2.24, 2.45) is 0 Å². The molecule has 0 aliphatic heterocycles. The summed E-state index contributed by atoms with van der Waals surface area (Å²) >= 11 is 3.34. The van der Waals surface area contributed by atoms with Crippen molar-refractivity contribution >= 4 is 15.9 Å². The van der Waals surface area contributed by atoms with Crippen LogP contribution in [0.4, 0.5) is 0 Å². The quantitative estimate of drug-likeness (QED) is 0.893. The molecule has 1 aliphatic rings. The molecule has 0 radical (unpaired) electrons. The average Bonchev–Trinajstić information content (AvgIpc) is 2.28. The second-order valence-electron chi connectivity index (χ2n) is 4.78. The van der Waals surface area contributed by atoms with Crippen LogP contribution in [0.25, 0.3) is 11.1 Å². The van der Waals surface area contributed by atoms with E-state index in [2.05, 4.69) is 25.9 Å². The predicted molar refractivity (Wildman–Crippen MR) is 76.3 cm³/mol. The van der Waals surface area contributed by atoms with E-state index in [0.717, 1.165) is 23.7 Å². The van der Waals surface area contributed by atoms with E-state index < -0.39 is 0 Å². The molecule has 0 bridgehead atoms. The fraction of sp³-hybridized carbons (Fsp3) is 0.286. The summed E-state index contributed by atoms with van der Waals surface area (Å²) in [5, 5.41) is 10.0. The smallest absolute Gasteiger partial charge is 0.262 e. The fourth-order valence-electron chi connectivity index (χ4n) is 2.23. The number of nitrogens with one attached hydrogen (secondary N) is 1. The zero-order chi connectivity index (χ0) is 13.4. The van der Waals surface area contributed by atoms with E-state index in [1.807, 2.05) is 12.1 Å². The first kappa shape index (κ1) is 12.4. The molecule has 2 N–H and O–H groups in total. The van der Waals surface area contributed by atoms with Crippen LogP contribution in [0.3, 0.4) is 0 Å². The molecule has 5 heteroatoms. The van der Waals surface area contributed by atoms with Crippen molar-refractivity contribution in [1.29, 1.82) is 0 Å². The van der Waals surface area contributed by atoms with Crippen LogP contribution in [0.5, 0.6) is 5.88 Å². The van der Waals surface area contributed by atoms with Crippen molar-refractivity contribution in [2.45, 2.75) is 25.2 Å². The van der Waals surface area contributed by atoms with Gasteiger partial charge in [0.15, 0.2) is 0 Å². The molecule has 0 saturated heterocycles. The number of hydrogen-bond acceptors (Lipinski definition) is 3. The Bertz CT molecular complexity index is 660. The second kappa shape index (κ2) is 4.81. The minimum absolute atomic E-state index is 0.187. The fourth-order valence-corrected chi connectivity index (χ4v) is 2.49. The first-order chi connectivity index (χ1) is 9.15. The highest BCUT2D eigenvalue weighted by atomic mass is 79.9. The first-order valence-electron chi connectivity index (χ1n) is 6.24. The number of rotatable bonds is 2. The van der Waals surface area contributed by atoms with Gasteiger partial charge in [0.1, 0.15) is 11.4 Å². The minimum atomic E-state index is -0.281. The Hall–Kier alpha value is -1.62. The highest BCUT2D eigenvalue weighted by Gasteiger charge is 2.24. The number of nitrogens with zero attached hydrogens (tertiary/aromatic N) is 1. The Morgan fingerprint density at radius 2 is 1.95 bits per heavy atom. The van der Waals surface area contributed by atoms with E-state index in [-0.39, 0.29) is 22.9 Å². The molecule has 1 aromatic carbocycles. The molecule has 0 spiro atoms. The highest BCUT2D eigenvalue weighted by Crippen LogP contribution is 2.35. The van der Waals surface area contributed by atoms with Gasteiger partial charge in [-0.3, -0.25) is 4.79 Å². The predicted octanol–water partition coefficient (Wildman–Crippen LogP) is 3.17. The standard InChI is InChI=1S/C14H13BrN2O2/c15-10-6-4-8(5-7-10)11-13(18)16-12(17-14(11)19)9-2-1-3-9/h4-7,9H,1-3H2,(H2,16,17,18,19). The number of halogens is 1. The summed E-state index contributed by atoms with van der Waals surface area (Å²) in [6, 6.07) is 7.21. The maximum absolute atomic E-state index is 12.1. The number of aromatic hydroxyl groups is 1. The number of aromatic amines is 1. The van der Waals surface area contributed by atoms with Crippen LogP contribution in [-0.2, 0) is 0 Å². The lowest BCUT2D eigenvalue weighted by atomic mass is 9.85. The molecule has 0 unspecified atom stereocenters. The van der Waals surface area contributed by atoms with Crippen LogP contribution >= 0.6 is 15.9 Å². The van der Waals surface area contributed by atoms with E-state index in [4.69, 9.17) is 0 Å². The van der Waals surface area contributed by atoms with Gasteiger partial charge in [0, 0.05) is 10.4 Å². The van der Waals surface area contributed by atoms with Gasteiger partial charge in [-0.2, -0.15) is 4.98 Å². The number of aromatic nitrogens is 2. The van der Waals surface area contributed by atoms with Crippen LogP contribution < -0.4 is 5.56 Å². The van der Waals surface area contributed by atoms with Gasteiger partial charge in [-0.05, 0) is 30.5 Å². The Kier molecular flexibility index (Phi) is 3.14. The number of H-pyrrole nitrogens is 1. The first-order valence-corrected chi connectivity index (χ1v) is 7.03. The van der Waals surface area contributed by atoms with Gasteiger partial charge >= 0.3 is 0 Å². The third-order valence-corrected chi connectivity index (χ3v) is 4.07. The van der Waals surface area contributed by atoms with Crippen LogP contribution in [0.2, 0.25) is 0 Å². The summed E-state index contributed by atoms with van der Waals surface area (Å²) in [5.74, 6) is 0.708.